The third kappa shape index (κ3) is 5.20. The fourth-order valence-electron chi connectivity index (χ4n) is 1.82. The van der Waals surface area contributed by atoms with Crippen molar-refractivity contribution < 1.29 is 0 Å². The molecule has 2 rings (SSSR count). The number of nitrogens with one attached hydrogen (secondary N) is 1. The first-order valence-electron chi connectivity index (χ1n) is 6.86. The zero-order chi connectivity index (χ0) is 14.4. The standard InChI is InChI=1S/C17H20ClNS/c1-13(2)11-19-12-14-3-7-16(8-4-14)20-17-9-5-15(18)6-10-17/h3-10,13,19H,11-12H2,1-2H3. The second kappa shape index (κ2) is 7.72. The van der Waals surface area contributed by atoms with Crippen LogP contribution in [0.2, 0.25) is 5.02 Å². The Labute approximate surface area is 130 Å². The second-order valence-electron chi connectivity index (χ2n) is 5.22. The maximum Gasteiger partial charge on any atom is 0.0406 e. The summed E-state index contributed by atoms with van der Waals surface area (Å²) in [6.45, 7) is 6.43. The summed E-state index contributed by atoms with van der Waals surface area (Å²) >= 11 is 7.64. The first kappa shape index (κ1) is 15.4. The highest BCUT2D eigenvalue weighted by molar-refractivity contribution is 7.99. The van der Waals surface area contributed by atoms with Gasteiger partial charge in [-0.3, -0.25) is 0 Å². The molecule has 1 N–H and O–H groups in total. The lowest BCUT2D eigenvalue weighted by atomic mass is 10.2. The van der Waals surface area contributed by atoms with Gasteiger partial charge in [-0.25, -0.2) is 0 Å². The van der Waals surface area contributed by atoms with E-state index in [1.54, 1.807) is 11.8 Å². The average molecular weight is 306 g/mol. The molecule has 0 aliphatic carbocycles. The molecule has 0 saturated heterocycles. The molecule has 0 aliphatic rings. The van der Waals surface area contributed by atoms with Gasteiger partial charge in [-0.2, -0.15) is 0 Å². The molecule has 0 amide bonds. The molecule has 0 heterocycles. The predicted molar refractivity (Wildman–Crippen MR) is 88.6 cm³/mol. The van der Waals surface area contributed by atoms with Gasteiger partial charge in [-0.1, -0.05) is 49.3 Å². The van der Waals surface area contributed by atoms with Crippen molar-refractivity contribution in [1.29, 1.82) is 0 Å². The smallest absolute Gasteiger partial charge is 0.0406 e. The van der Waals surface area contributed by atoms with E-state index >= 15 is 0 Å². The van der Waals surface area contributed by atoms with Crippen LogP contribution in [-0.4, -0.2) is 6.54 Å². The summed E-state index contributed by atoms with van der Waals surface area (Å²) in [5.41, 5.74) is 1.33. The molecular formula is C17H20ClNS. The number of rotatable bonds is 6. The quantitative estimate of drug-likeness (QED) is 0.783. The van der Waals surface area contributed by atoms with Gasteiger partial charge in [0, 0.05) is 21.4 Å². The van der Waals surface area contributed by atoms with Crippen LogP contribution in [0.5, 0.6) is 0 Å². The highest BCUT2D eigenvalue weighted by Crippen LogP contribution is 2.28. The van der Waals surface area contributed by atoms with Crippen molar-refractivity contribution in [2.24, 2.45) is 5.92 Å². The van der Waals surface area contributed by atoms with E-state index in [0.29, 0.717) is 5.92 Å². The van der Waals surface area contributed by atoms with Crippen LogP contribution in [0.4, 0.5) is 0 Å². The summed E-state index contributed by atoms with van der Waals surface area (Å²) in [6, 6.07) is 16.7. The number of hydrogen-bond donors (Lipinski definition) is 1. The van der Waals surface area contributed by atoms with Crippen LogP contribution >= 0.6 is 23.4 Å². The van der Waals surface area contributed by atoms with Crippen LogP contribution in [0.1, 0.15) is 19.4 Å². The minimum absolute atomic E-state index is 0.690. The predicted octanol–water partition coefficient (Wildman–Crippen LogP) is 5.24. The molecule has 3 heteroatoms. The maximum absolute atomic E-state index is 5.89. The van der Waals surface area contributed by atoms with E-state index in [2.05, 4.69) is 43.4 Å². The van der Waals surface area contributed by atoms with Gasteiger partial charge in [0.25, 0.3) is 0 Å². The largest absolute Gasteiger partial charge is 0.312 e. The van der Waals surface area contributed by atoms with E-state index in [1.165, 1.54) is 15.4 Å². The van der Waals surface area contributed by atoms with Gasteiger partial charge >= 0.3 is 0 Å². The molecule has 0 aliphatic heterocycles. The Morgan fingerprint density at radius 1 is 0.950 bits per heavy atom. The first-order valence-corrected chi connectivity index (χ1v) is 8.06. The summed E-state index contributed by atoms with van der Waals surface area (Å²) < 4.78 is 0. The van der Waals surface area contributed by atoms with Crippen molar-refractivity contribution in [1.82, 2.24) is 5.32 Å². The van der Waals surface area contributed by atoms with Gasteiger partial charge in [0.15, 0.2) is 0 Å². The molecule has 0 fully saturated rings. The molecule has 2 aromatic rings. The van der Waals surface area contributed by atoms with E-state index in [0.717, 1.165) is 18.1 Å². The summed E-state index contributed by atoms with van der Waals surface area (Å²) in [7, 11) is 0. The van der Waals surface area contributed by atoms with Gasteiger partial charge in [-0.05, 0) is 54.4 Å². The van der Waals surface area contributed by atoms with Crippen molar-refractivity contribution in [3.63, 3.8) is 0 Å². The van der Waals surface area contributed by atoms with Crippen molar-refractivity contribution in [2.75, 3.05) is 6.54 Å². The number of hydrogen-bond acceptors (Lipinski definition) is 2. The molecule has 106 valence electrons. The molecule has 0 unspecified atom stereocenters. The fourth-order valence-corrected chi connectivity index (χ4v) is 2.76. The van der Waals surface area contributed by atoms with Crippen molar-refractivity contribution in [2.45, 2.75) is 30.2 Å². The topological polar surface area (TPSA) is 12.0 Å². The monoisotopic (exact) mass is 305 g/mol. The zero-order valence-corrected chi connectivity index (χ0v) is 13.5. The molecule has 0 atom stereocenters. The van der Waals surface area contributed by atoms with E-state index in [-0.39, 0.29) is 0 Å². The number of halogens is 1. The third-order valence-electron chi connectivity index (χ3n) is 2.85. The Hall–Kier alpha value is -0.960. The van der Waals surface area contributed by atoms with Gasteiger partial charge < -0.3 is 5.32 Å². The summed E-state index contributed by atoms with van der Waals surface area (Å²) in [5.74, 6) is 0.690. The molecule has 0 radical (unpaired) electrons. The normalized spacial score (nSPS) is 11.0. The Morgan fingerprint density at radius 2 is 1.50 bits per heavy atom. The molecular weight excluding hydrogens is 286 g/mol. The molecule has 0 aromatic heterocycles. The van der Waals surface area contributed by atoms with E-state index in [1.807, 2.05) is 24.3 Å². The summed E-state index contributed by atoms with van der Waals surface area (Å²) in [6.07, 6.45) is 0. The Kier molecular flexibility index (Phi) is 5.96. The highest BCUT2D eigenvalue weighted by Gasteiger charge is 1.99. The lowest BCUT2D eigenvalue weighted by molar-refractivity contribution is 0.552. The third-order valence-corrected chi connectivity index (χ3v) is 4.12. The molecule has 2 aromatic carbocycles. The minimum atomic E-state index is 0.690. The van der Waals surface area contributed by atoms with Crippen molar-refractivity contribution in [3.05, 3.63) is 59.1 Å². The van der Waals surface area contributed by atoms with Crippen LogP contribution in [0, 0.1) is 5.92 Å². The maximum atomic E-state index is 5.89. The highest BCUT2D eigenvalue weighted by atomic mass is 35.5. The average Bonchev–Trinajstić information content (AvgIpc) is 2.43. The molecule has 1 nitrogen and oxygen atoms in total. The Bertz CT molecular complexity index is 520. The van der Waals surface area contributed by atoms with E-state index in [9.17, 15) is 0 Å². The fraction of sp³-hybridized carbons (Fsp3) is 0.294. The van der Waals surface area contributed by atoms with E-state index < -0.39 is 0 Å². The van der Waals surface area contributed by atoms with Gasteiger partial charge in [0.2, 0.25) is 0 Å². The Balaban J connectivity index is 1.89. The Morgan fingerprint density at radius 3 is 2.05 bits per heavy atom. The molecule has 0 spiro atoms. The van der Waals surface area contributed by atoms with Crippen LogP contribution < -0.4 is 5.32 Å². The zero-order valence-electron chi connectivity index (χ0n) is 11.9. The van der Waals surface area contributed by atoms with Crippen LogP contribution in [-0.2, 0) is 6.54 Å². The van der Waals surface area contributed by atoms with Crippen LogP contribution in [0.3, 0.4) is 0 Å². The van der Waals surface area contributed by atoms with Crippen molar-refractivity contribution in [3.8, 4) is 0 Å². The van der Waals surface area contributed by atoms with Gasteiger partial charge in [0.1, 0.15) is 0 Å². The lowest BCUT2D eigenvalue weighted by Crippen LogP contribution is -2.18. The van der Waals surface area contributed by atoms with Crippen LogP contribution in [0.25, 0.3) is 0 Å². The number of benzene rings is 2. The molecule has 20 heavy (non-hydrogen) atoms. The molecule has 0 bridgehead atoms. The summed E-state index contributed by atoms with van der Waals surface area (Å²) in [4.78, 5) is 2.46. The van der Waals surface area contributed by atoms with Gasteiger partial charge in [0.05, 0.1) is 0 Å². The van der Waals surface area contributed by atoms with Gasteiger partial charge in [-0.15, -0.1) is 0 Å². The first-order chi connectivity index (χ1) is 9.63. The second-order valence-corrected chi connectivity index (χ2v) is 6.81. The SMILES string of the molecule is CC(C)CNCc1ccc(Sc2ccc(Cl)cc2)cc1. The van der Waals surface area contributed by atoms with Crippen LogP contribution in [0.15, 0.2) is 58.3 Å². The summed E-state index contributed by atoms with van der Waals surface area (Å²) in [5, 5.41) is 4.23. The molecule has 0 saturated carbocycles. The van der Waals surface area contributed by atoms with E-state index in [4.69, 9.17) is 11.6 Å². The lowest BCUT2D eigenvalue weighted by Gasteiger charge is -2.08. The minimum Gasteiger partial charge on any atom is -0.312 e. The van der Waals surface area contributed by atoms with Crippen molar-refractivity contribution >= 4 is 23.4 Å².